The molecule has 0 saturated carbocycles. The first kappa shape index (κ1) is 14.8. The Bertz CT molecular complexity index is 533. The molecule has 0 bridgehead atoms. The minimum atomic E-state index is -1.21. The average Bonchev–Trinajstić information content (AvgIpc) is 2.30. The summed E-state index contributed by atoms with van der Waals surface area (Å²) in [4.78, 5) is 33.1. The highest BCUT2D eigenvalue weighted by Crippen LogP contribution is 2.20. The molecule has 7 nitrogen and oxygen atoms in total. The summed E-state index contributed by atoms with van der Waals surface area (Å²) in [5.41, 5.74) is 5.08. The van der Waals surface area contributed by atoms with Gasteiger partial charge in [-0.2, -0.15) is 0 Å². The quantitative estimate of drug-likeness (QED) is 0.660. The number of nitrogens with one attached hydrogen (secondary N) is 2. The van der Waals surface area contributed by atoms with Crippen LogP contribution >= 0.6 is 11.6 Å². The topological polar surface area (TPSA) is 122 Å². The van der Waals surface area contributed by atoms with Crippen molar-refractivity contribution in [3.63, 3.8) is 0 Å². The summed E-state index contributed by atoms with van der Waals surface area (Å²) in [6.07, 6.45) is 0. The largest absolute Gasteiger partial charge is 0.478 e. The van der Waals surface area contributed by atoms with Gasteiger partial charge in [0.15, 0.2) is 0 Å². The van der Waals surface area contributed by atoms with Crippen molar-refractivity contribution in [3.8, 4) is 0 Å². The van der Waals surface area contributed by atoms with Gasteiger partial charge >= 0.3 is 12.0 Å². The van der Waals surface area contributed by atoms with E-state index in [9.17, 15) is 14.4 Å². The lowest BCUT2D eigenvalue weighted by Gasteiger charge is -2.12. The number of benzene rings is 1. The van der Waals surface area contributed by atoms with Crippen molar-refractivity contribution in [3.05, 3.63) is 28.8 Å². The number of halogens is 1. The van der Waals surface area contributed by atoms with Crippen LogP contribution in [0.1, 0.15) is 17.3 Å². The minimum absolute atomic E-state index is 0.0592. The molecule has 0 aromatic heterocycles. The summed E-state index contributed by atoms with van der Waals surface area (Å²) < 4.78 is 0. The Morgan fingerprint density at radius 2 is 2.00 bits per heavy atom. The average molecular weight is 286 g/mol. The summed E-state index contributed by atoms with van der Waals surface area (Å²) in [6, 6.07) is 2.47. The second-order valence-electron chi connectivity index (χ2n) is 3.72. The van der Waals surface area contributed by atoms with E-state index in [4.69, 9.17) is 22.4 Å². The summed E-state index contributed by atoms with van der Waals surface area (Å²) in [7, 11) is 0. The summed E-state index contributed by atoms with van der Waals surface area (Å²) in [5.74, 6) is -1.89. The van der Waals surface area contributed by atoms with Crippen molar-refractivity contribution in [2.75, 3.05) is 5.32 Å². The second kappa shape index (κ2) is 6.05. The Labute approximate surface area is 113 Å². The van der Waals surface area contributed by atoms with Crippen LogP contribution in [0.3, 0.4) is 0 Å². The van der Waals surface area contributed by atoms with Crippen LogP contribution < -0.4 is 16.4 Å². The predicted octanol–water partition coefficient (Wildman–Crippen LogP) is 1.03. The van der Waals surface area contributed by atoms with E-state index in [1.807, 2.05) is 0 Å². The fourth-order valence-electron chi connectivity index (χ4n) is 1.20. The SMILES string of the molecule is CC(NC(=O)Nc1ccc(Cl)c(C(=O)O)c1)C(N)=O. The van der Waals surface area contributed by atoms with Gasteiger partial charge in [-0.05, 0) is 25.1 Å². The molecule has 102 valence electrons. The highest BCUT2D eigenvalue weighted by Gasteiger charge is 2.14. The third-order valence-corrected chi connectivity index (χ3v) is 2.56. The molecule has 0 aliphatic carbocycles. The zero-order chi connectivity index (χ0) is 14.6. The maximum Gasteiger partial charge on any atom is 0.337 e. The molecule has 0 saturated heterocycles. The van der Waals surface area contributed by atoms with E-state index < -0.39 is 23.9 Å². The molecule has 3 amide bonds. The highest BCUT2D eigenvalue weighted by atomic mass is 35.5. The molecule has 0 aliphatic heterocycles. The first-order valence-electron chi connectivity index (χ1n) is 5.21. The lowest BCUT2D eigenvalue weighted by molar-refractivity contribution is -0.119. The van der Waals surface area contributed by atoms with Crippen LogP contribution in [-0.2, 0) is 4.79 Å². The first-order valence-corrected chi connectivity index (χ1v) is 5.58. The van der Waals surface area contributed by atoms with Crippen molar-refractivity contribution in [2.24, 2.45) is 5.73 Å². The number of rotatable bonds is 4. The molecular weight excluding hydrogens is 274 g/mol. The number of hydrogen-bond acceptors (Lipinski definition) is 3. The number of carbonyl (C=O) groups is 3. The van der Waals surface area contributed by atoms with Gasteiger partial charge in [0.25, 0.3) is 0 Å². The Hall–Kier alpha value is -2.28. The van der Waals surface area contributed by atoms with Crippen molar-refractivity contribution in [1.82, 2.24) is 5.32 Å². The second-order valence-corrected chi connectivity index (χ2v) is 4.13. The molecule has 0 aliphatic rings. The normalized spacial score (nSPS) is 11.5. The number of carbonyl (C=O) groups excluding carboxylic acids is 2. The number of carboxylic acid groups (broad SMARTS) is 1. The van der Waals surface area contributed by atoms with Gasteiger partial charge in [0.2, 0.25) is 5.91 Å². The Kier molecular flexibility index (Phi) is 4.71. The van der Waals surface area contributed by atoms with Crippen LogP contribution in [0.15, 0.2) is 18.2 Å². The number of amides is 3. The lowest BCUT2D eigenvalue weighted by Crippen LogP contribution is -2.44. The lowest BCUT2D eigenvalue weighted by atomic mass is 10.2. The smallest absolute Gasteiger partial charge is 0.337 e. The van der Waals surface area contributed by atoms with Gasteiger partial charge in [0.05, 0.1) is 10.6 Å². The van der Waals surface area contributed by atoms with Crippen LogP contribution in [0.4, 0.5) is 10.5 Å². The fraction of sp³-hybridized carbons (Fsp3) is 0.182. The number of nitrogens with two attached hydrogens (primary N) is 1. The van der Waals surface area contributed by atoms with E-state index in [-0.39, 0.29) is 16.3 Å². The molecule has 0 radical (unpaired) electrons. The van der Waals surface area contributed by atoms with Crippen molar-refractivity contribution in [2.45, 2.75) is 13.0 Å². The number of urea groups is 1. The zero-order valence-electron chi connectivity index (χ0n) is 9.94. The van der Waals surface area contributed by atoms with Crippen LogP contribution in [0.2, 0.25) is 5.02 Å². The van der Waals surface area contributed by atoms with Crippen molar-refractivity contribution >= 4 is 35.2 Å². The Balaban J connectivity index is 2.78. The molecule has 0 spiro atoms. The van der Waals surface area contributed by atoms with E-state index >= 15 is 0 Å². The third-order valence-electron chi connectivity index (χ3n) is 2.23. The fourth-order valence-corrected chi connectivity index (χ4v) is 1.40. The molecular formula is C11H12ClN3O4. The number of primary amides is 1. The molecule has 0 fully saturated rings. The van der Waals surface area contributed by atoms with E-state index in [1.54, 1.807) is 0 Å². The monoisotopic (exact) mass is 285 g/mol. The minimum Gasteiger partial charge on any atom is -0.478 e. The number of anilines is 1. The van der Waals surface area contributed by atoms with Gasteiger partial charge < -0.3 is 21.5 Å². The summed E-state index contributed by atoms with van der Waals surface area (Å²) in [5, 5.41) is 13.6. The standard InChI is InChI=1S/C11H12ClN3O4/c1-5(9(13)16)14-11(19)15-6-2-3-8(12)7(4-6)10(17)18/h2-5H,1H3,(H2,13,16)(H,17,18)(H2,14,15,19). The van der Waals surface area contributed by atoms with E-state index in [2.05, 4.69) is 10.6 Å². The van der Waals surface area contributed by atoms with Gasteiger partial charge in [0.1, 0.15) is 6.04 Å². The van der Waals surface area contributed by atoms with Gasteiger partial charge in [-0.1, -0.05) is 11.6 Å². The molecule has 1 atom stereocenters. The Morgan fingerprint density at radius 3 is 2.53 bits per heavy atom. The van der Waals surface area contributed by atoms with Gasteiger partial charge in [-0.15, -0.1) is 0 Å². The van der Waals surface area contributed by atoms with Gasteiger partial charge in [-0.25, -0.2) is 9.59 Å². The predicted molar refractivity (Wildman–Crippen MR) is 69.2 cm³/mol. The molecule has 19 heavy (non-hydrogen) atoms. The van der Waals surface area contributed by atoms with Crippen LogP contribution in [0, 0.1) is 0 Å². The number of aromatic carboxylic acids is 1. The van der Waals surface area contributed by atoms with Gasteiger partial charge in [0, 0.05) is 5.69 Å². The molecule has 0 heterocycles. The molecule has 8 heteroatoms. The molecule has 1 rings (SSSR count). The first-order chi connectivity index (χ1) is 8.81. The van der Waals surface area contributed by atoms with Crippen molar-refractivity contribution < 1.29 is 19.5 Å². The van der Waals surface area contributed by atoms with Crippen LogP contribution in [-0.4, -0.2) is 29.1 Å². The van der Waals surface area contributed by atoms with E-state index in [1.165, 1.54) is 25.1 Å². The van der Waals surface area contributed by atoms with Crippen LogP contribution in [0.5, 0.6) is 0 Å². The molecule has 5 N–H and O–H groups in total. The molecule has 1 unspecified atom stereocenters. The van der Waals surface area contributed by atoms with E-state index in [0.29, 0.717) is 0 Å². The summed E-state index contributed by atoms with van der Waals surface area (Å²) >= 11 is 5.68. The maximum absolute atomic E-state index is 11.5. The third kappa shape index (κ3) is 4.14. The number of carboxylic acids is 1. The Morgan fingerprint density at radius 1 is 1.37 bits per heavy atom. The zero-order valence-corrected chi connectivity index (χ0v) is 10.7. The van der Waals surface area contributed by atoms with Crippen molar-refractivity contribution in [1.29, 1.82) is 0 Å². The molecule has 1 aromatic carbocycles. The van der Waals surface area contributed by atoms with E-state index in [0.717, 1.165) is 0 Å². The highest BCUT2D eigenvalue weighted by molar-refractivity contribution is 6.33. The maximum atomic E-state index is 11.5. The summed E-state index contributed by atoms with van der Waals surface area (Å²) in [6.45, 7) is 1.42. The van der Waals surface area contributed by atoms with Gasteiger partial charge in [-0.3, -0.25) is 4.79 Å². The molecule has 1 aromatic rings. The van der Waals surface area contributed by atoms with Crippen LogP contribution in [0.25, 0.3) is 0 Å². The number of hydrogen-bond donors (Lipinski definition) is 4.